The maximum absolute atomic E-state index is 13.8. The zero-order valence-electron chi connectivity index (χ0n) is 21.4. The number of para-hydroxylation sites is 1. The summed E-state index contributed by atoms with van der Waals surface area (Å²) in [6.07, 6.45) is 4.63. The van der Waals surface area contributed by atoms with Crippen LogP contribution in [-0.4, -0.2) is 58.3 Å². The van der Waals surface area contributed by atoms with Gasteiger partial charge in [-0.15, -0.1) is 11.8 Å². The molecule has 7 nitrogen and oxygen atoms in total. The monoisotopic (exact) mass is 520 g/mol. The van der Waals surface area contributed by atoms with Crippen LogP contribution in [0.4, 0.5) is 11.4 Å². The van der Waals surface area contributed by atoms with Crippen LogP contribution in [0, 0.1) is 5.41 Å². The van der Waals surface area contributed by atoms with Crippen LogP contribution in [0.1, 0.15) is 40.0 Å². The summed E-state index contributed by atoms with van der Waals surface area (Å²) in [7, 11) is -0.783. The van der Waals surface area contributed by atoms with Crippen LogP contribution in [0.15, 0.2) is 52.3 Å². The van der Waals surface area contributed by atoms with Gasteiger partial charge in [0.2, 0.25) is 10.0 Å². The second-order valence-corrected chi connectivity index (χ2v) is 12.2. The van der Waals surface area contributed by atoms with Crippen molar-refractivity contribution >= 4 is 39.1 Å². The number of thioether (sulfide) groups is 1. The third-order valence-electron chi connectivity index (χ3n) is 6.39. The third-order valence-corrected chi connectivity index (χ3v) is 9.08. The van der Waals surface area contributed by atoms with Crippen molar-refractivity contribution in [1.29, 1.82) is 0 Å². The Balaban J connectivity index is 2.15. The van der Waals surface area contributed by atoms with E-state index in [2.05, 4.69) is 11.8 Å². The zero-order valence-corrected chi connectivity index (χ0v) is 23.0. The van der Waals surface area contributed by atoms with Gasteiger partial charge in [0.1, 0.15) is 17.3 Å². The van der Waals surface area contributed by atoms with Gasteiger partial charge in [-0.05, 0) is 44.7 Å². The Morgan fingerprint density at radius 3 is 2.49 bits per heavy atom. The number of likely N-dealkylation sites (N-methyl/N-ethyl adjacent to an activating group) is 1. The van der Waals surface area contributed by atoms with Gasteiger partial charge >= 0.3 is 5.97 Å². The number of anilines is 2. The number of methoxy groups -OCH3 is 1. The molecule has 0 aromatic heterocycles. The Labute approximate surface area is 213 Å². The van der Waals surface area contributed by atoms with Crippen LogP contribution in [0.25, 0.3) is 0 Å². The quantitative estimate of drug-likeness (QED) is 0.327. The van der Waals surface area contributed by atoms with E-state index in [-0.39, 0.29) is 23.5 Å². The largest absolute Gasteiger partial charge is 0.491 e. The van der Waals surface area contributed by atoms with E-state index >= 15 is 0 Å². The molecule has 0 aliphatic carbocycles. The number of hydrogen-bond donors (Lipinski definition) is 0. The molecule has 0 N–H and O–H groups in total. The molecule has 1 aliphatic rings. The summed E-state index contributed by atoms with van der Waals surface area (Å²) in [4.78, 5) is 15.2. The molecule has 0 amide bonds. The van der Waals surface area contributed by atoms with Crippen molar-refractivity contribution in [3.8, 4) is 5.75 Å². The lowest BCUT2D eigenvalue weighted by molar-refractivity contribution is -0.152. The molecule has 9 heteroatoms. The van der Waals surface area contributed by atoms with Gasteiger partial charge in [-0.3, -0.25) is 4.79 Å². The average Bonchev–Trinajstić information content (AvgIpc) is 2.93. The number of sulfonamides is 1. The van der Waals surface area contributed by atoms with Gasteiger partial charge in [0, 0.05) is 31.4 Å². The SMILES string of the molecule is CCCC[C@H]1CN(c2ccccc2)c2cc(SC)c(OCC(C)(C)C(=O)OC)cc2S(=O)(=O)N1C. The van der Waals surface area contributed by atoms with Gasteiger partial charge in [-0.1, -0.05) is 38.0 Å². The van der Waals surface area contributed by atoms with E-state index < -0.39 is 15.4 Å². The molecule has 0 unspecified atom stereocenters. The Morgan fingerprint density at radius 1 is 1.20 bits per heavy atom. The summed E-state index contributed by atoms with van der Waals surface area (Å²) in [6, 6.07) is 13.2. The zero-order chi connectivity index (χ0) is 25.8. The molecule has 1 aliphatic heterocycles. The number of benzene rings is 2. The van der Waals surface area contributed by atoms with Crippen LogP contribution >= 0.6 is 11.8 Å². The number of fused-ring (bicyclic) bond motifs is 1. The summed E-state index contributed by atoms with van der Waals surface area (Å²) in [5.74, 6) is 0.0459. The number of carbonyl (C=O) groups is 1. The van der Waals surface area contributed by atoms with Gasteiger partial charge < -0.3 is 14.4 Å². The maximum atomic E-state index is 13.8. The van der Waals surface area contributed by atoms with E-state index in [1.807, 2.05) is 42.7 Å². The molecule has 0 fully saturated rings. The first kappa shape index (κ1) is 27.4. The highest BCUT2D eigenvalue weighted by Gasteiger charge is 2.38. The molecule has 0 spiro atoms. The summed E-state index contributed by atoms with van der Waals surface area (Å²) < 4.78 is 40.1. The minimum atomic E-state index is -3.79. The standard InChI is InChI=1S/C26H36N2O5S2/c1-7-8-12-20-17-28(19-13-10-9-11-14-19)21-15-23(34-6)22(16-24(21)35(30,31)27(20)4)33-18-26(2,3)25(29)32-5/h9-11,13-16,20H,7-8,12,17-18H2,1-6H3/t20-/m0/s1. The van der Waals surface area contributed by atoms with Crippen LogP contribution in [0.3, 0.4) is 0 Å². The molecule has 2 aromatic carbocycles. The molecular weight excluding hydrogens is 484 g/mol. The van der Waals surface area contributed by atoms with Crippen molar-refractivity contribution in [2.75, 3.05) is 38.5 Å². The summed E-state index contributed by atoms with van der Waals surface area (Å²) in [5, 5.41) is 0. The number of esters is 1. The lowest BCUT2D eigenvalue weighted by atomic mass is 9.95. The molecule has 1 atom stereocenters. The first-order valence-electron chi connectivity index (χ1n) is 11.8. The number of carbonyl (C=O) groups excluding carboxylic acids is 1. The van der Waals surface area contributed by atoms with E-state index in [0.29, 0.717) is 18.0 Å². The van der Waals surface area contributed by atoms with Crippen molar-refractivity contribution in [2.24, 2.45) is 5.41 Å². The molecule has 35 heavy (non-hydrogen) atoms. The lowest BCUT2D eigenvalue weighted by Gasteiger charge is -2.29. The van der Waals surface area contributed by atoms with Gasteiger partial charge in [-0.25, -0.2) is 8.42 Å². The van der Waals surface area contributed by atoms with Crippen molar-refractivity contribution < 1.29 is 22.7 Å². The van der Waals surface area contributed by atoms with Crippen LogP contribution in [0.2, 0.25) is 0 Å². The van der Waals surface area contributed by atoms with Gasteiger partial charge in [-0.2, -0.15) is 4.31 Å². The van der Waals surface area contributed by atoms with Crippen molar-refractivity contribution in [2.45, 2.75) is 55.9 Å². The highest BCUT2D eigenvalue weighted by Crippen LogP contribution is 2.43. The van der Waals surface area contributed by atoms with E-state index in [4.69, 9.17) is 9.47 Å². The fourth-order valence-electron chi connectivity index (χ4n) is 4.15. The number of rotatable bonds is 9. The molecular formula is C26H36N2O5S2. The normalized spacial score (nSPS) is 18.0. The van der Waals surface area contributed by atoms with Crippen LogP contribution < -0.4 is 9.64 Å². The first-order valence-corrected chi connectivity index (χ1v) is 14.5. The topological polar surface area (TPSA) is 76.1 Å². The van der Waals surface area contributed by atoms with E-state index in [1.54, 1.807) is 27.0 Å². The van der Waals surface area contributed by atoms with Crippen molar-refractivity contribution in [3.05, 3.63) is 42.5 Å². The predicted molar refractivity (Wildman–Crippen MR) is 141 cm³/mol. The summed E-state index contributed by atoms with van der Waals surface area (Å²) in [6.45, 7) is 6.20. The highest BCUT2D eigenvalue weighted by atomic mass is 32.2. The molecule has 192 valence electrons. The number of nitrogens with zero attached hydrogens (tertiary/aromatic N) is 2. The molecule has 0 saturated carbocycles. The van der Waals surface area contributed by atoms with E-state index in [1.165, 1.54) is 23.2 Å². The summed E-state index contributed by atoms with van der Waals surface area (Å²) >= 11 is 1.48. The fraction of sp³-hybridized carbons (Fsp3) is 0.500. The molecule has 2 aromatic rings. The minimum Gasteiger partial charge on any atom is -0.491 e. The molecule has 1 heterocycles. The Kier molecular flexibility index (Phi) is 8.77. The molecule has 0 radical (unpaired) electrons. The van der Waals surface area contributed by atoms with Crippen molar-refractivity contribution in [3.63, 3.8) is 0 Å². The van der Waals surface area contributed by atoms with E-state index in [9.17, 15) is 13.2 Å². The molecule has 0 saturated heterocycles. The van der Waals surface area contributed by atoms with Crippen LogP contribution in [-0.2, 0) is 19.6 Å². The van der Waals surface area contributed by atoms with E-state index in [0.717, 1.165) is 29.8 Å². The predicted octanol–water partition coefficient (Wildman–Crippen LogP) is 5.32. The lowest BCUT2D eigenvalue weighted by Crippen LogP contribution is -2.40. The second kappa shape index (κ2) is 11.2. The maximum Gasteiger partial charge on any atom is 0.314 e. The van der Waals surface area contributed by atoms with Gasteiger partial charge in [0.15, 0.2) is 0 Å². The first-order chi connectivity index (χ1) is 16.6. The van der Waals surface area contributed by atoms with Crippen LogP contribution in [0.5, 0.6) is 5.75 Å². The number of hydrogen-bond acceptors (Lipinski definition) is 7. The average molecular weight is 521 g/mol. The van der Waals surface area contributed by atoms with Gasteiger partial charge in [0.25, 0.3) is 0 Å². The summed E-state index contributed by atoms with van der Waals surface area (Å²) in [5.41, 5.74) is 0.688. The highest BCUT2D eigenvalue weighted by molar-refractivity contribution is 7.98. The number of ether oxygens (including phenoxy) is 2. The number of unbranched alkanes of at least 4 members (excludes halogenated alkanes) is 1. The second-order valence-electron chi connectivity index (χ2n) is 9.40. The van der Waals surface area contributed by atoms with Gasteiger partial charge in [0.05, 0.1) is 23.1 Å². The Bertz CT molecular complexity index is 1140. The third kappa shape index (κ3) is 5.78. The fourth-order valence-corrected chi connectivity index (χ4v) is 6.27. The Morgan fingerprint density at radius 2 is 1.89 bits per heavy atom. The Hall–Kier alpha value is -2.23. The minimum absolute atomic E-state index is 0.0590. The molecule has 0 bridgehead atoms. The molecule has 3 rings (SSSR count). The van der Waals surface area contributed by atoms with Crippen molar-refractivity contribution in [1.82, 2.24) is 4.31 Å². The smallest absolute Gasteiger partial charge is 0.314 e.